The first-order valence-corrected chi connectivity index (χ1v) is 5.71. The monoisotopic (exact) mass is 260 g/mol. The SMILES string of the molecule is CCc1noc(C(=O)Nc2ccccc2)c1C(=O)O. The molecule has 0 spiro atoms. The van der Waals surface area contributed by atoms with Crippen LogP contribution in [0.1, 0.15) is 33.5 Å². The molecule has 6 nitrogen and oxygen atoms in total. The number of anilines is 1. The smallest absolute Gasteiger partial charge is 0.341 e. The second-order valence-electron chi connectivity index (χ2n) is 3.81. The third kappa shape index (κ3) is 2.62. The molecule has 0 aliphatic heterocycles. The minimum Gasteiger partial charge on any atom is -0.477 e. The highest BCUT2D eigenvalue weighted by atomic mass is 16.5. The first-order chi connectivity index (χ1) is 9.13. The molecule has 2 aromatic rings. The largest absolute Gasteiger partial charge is 0.477 e. The van der Waals surface area contributed by atoms with Crippen molar-refractivity contribution in [2.45, 2.75) is 13.3 Å². The molecule has 0 unspecified atom stereocenters. The van der Waals surface area contributed by atoms with Crippen molar-refractivity contribution in [3.63, 3.8) is 0 Å². The number of hydrogen-bond acceptors (Lipinski definition) is 4. The number of aromatic nitrogens is 1. The molecule has 0 aliphatic carbocycles. The van der Waals surface area contributed by atoms with Gasteiger partial charge in [0.05, 0.1) is 5.69 Å². The number of aromatic carboxylic acids is 1. The first-order valence-electron chi connectivity index (χ1n) is 5.71. The zero-order chi connectivity index (χ0) is 13.8. The maximum Gasteiger partial charge on any atom is 0.341 e. The number of rotatable bonds is 4. The van der Waals surface area contributed by atoms with Gasteiger partial charge in [-0.15, -0.1) is 0 Å². The van der Waals surface area contributed by atoms with Crippen LogP contribution in [0.15, 0.2) is 34.9 Å². The Morgan fingerprint density at radius 3 is 2.58 bits per heavy atom. The van der Waals surface area contributed by atoms with Crippen LogP contribution in [0.5, 0.6) is 0 Å². The molecule has 0 saturated carbocycles. The fraction of sp³-hybridized carbons (Fsp3) is 0.154. The van der Waals surface area contributed by atoms with E-state index in [9.17, 15) is 9.59 Å². The molecule has 2 N–H and O–H groups in total. The number of amides is 1. The predicted molar refractivity (Wildman–Crippen MR) is 67.2 cm³/mol. The zero-order valence-electron chi connectivity index (χ0n) is 10.2. The summed E-state index contributed by atoms with van der Waals surface area (Å²) < 4.78 is 4.84. The molecule has 1 amide bonds. The number of carbonyl (C=O) groups excluding carboxylic acids is 1. The lowest BCUT2D eigenvalue weighted by Crippen LogP contribution is -2.15. The lowest BCUT2D eigenvalue weighted by molar-refractivity contribution is 0.0689. The van der Waals surface area contributed by atoms with Gasteiger partial charge in [0.25, 0.3) is 5.91 Å². The molecule has 19 heavy (non-hydrogen) atoms. The van der Waals surface area contributed by atoms with Crippen LogP contribution in [-0.2, 0) is 6.42 Å². The second kappa shape index (κ2) is 5.34. The first kappa shape index (κ1) is 12.8. The molecule has 0 radical (unpaired) electrons. The summed E-state index contributed by atoms with van der Waals surface area (Å²) >= 11 is 0. The van der Waals surface area contributed by atoms with E-state index in [2.05, 4.69) is 10.5 Å². The molecule has 6 heteroatoms. The normalized spacial score (nSPS) is 10.2. The van der Waals surface area contributed by atoms with Crippen molar-refractivity contribution in [1.29, 1.82) is 0 Å². The van der Waals surface area contributed by atoms with Gasteiger partial charge in [-0.1, -0.05) is 30.3 Å². The molecule has 1 heterocycles. The van der Waals surface area contributed by atoms with E-state index in [0.717, 1.165) is 0 Å². The van der Waals surface area contributed by atoms with Crippen molar-refractivity contribution in [2.24, 2.45) is 0 Å². The molecule has 0 aliphatic rings. The van der Waals surface area contributed by atoms with Crippen LogP contribution >= 0.6 is 0 Å². The van der Waals surface area contributed by atoms with Crippen LogP contribution in [-0.4, -0.2) is 22.1 Å². The summed E-state index contributed by atoms with van der Waals surface area (Å²) in [5.41, 5.74) is 0.625. The number of aryl methyl sites for hydroxylation is 1. The Morgan fingerprint density at radius 1 is 1.32 bits per heavy atom. The van der Waals surface area contributed by atoms with Gasteiger partial charge in [-0.2, -0.15) is 0 Å². The summed E-state index contributed by atoms with van der Waals surface area (Å²) in [6.45, 7) is 1.74. The van der Waals surface area contributed by atoms with Gasteiger partial charge in [-0.25, -0.2) is 4.79 Å². The lowest BCUT2D eigenvalue weighted by Gasteiger charge is -2.02. The molecule has 0 saturated heterocycles. The van der Waals surface area contributed by atoms with Gasteiger partial charge in [-0.3, -0.25) is 4.79 Å². The number of carbonyl (C=O) groups is 2. The number of carboxylic acids is 1. The van der Waals surface area contributed by atoms with Gasteiger partial charge >= 0.3 is 5.97 Å². The lowest BCUT2D eigenvalue weighted by atomic mass is 10.1. The van der Waals surface area contributed by atoms with Crippen molar-refractivity contribution < 1.29 is 19.2 Å². The van der Waals surface area contributed by atoms with Crippen molar-refractivity contribution >= 4 is 17.6 Å². The molecular formula is C13H12N2O4. The van der Waals surface area contributed by atoms with E-state index in [0.29, 0.717) is 12.1 Å². The van der Waals surface area contributed by atoms with Crippen molar-refractivity contribution in [3.8, 4) is 0 Å². The van der Waals surface area contributed by atoms with Crippen LogP contribution in [0.25, 0.3) is 0 Å². The highest BCUT2D eigenvalue weighted by Crippen LogP contribution is 2.17. The number of carboxylic acid groups (broad SMARTS) is 1. The predicted octanol–water partition coefficient (Wildman–Crippen LogP) is 2.19. The molecular weight excluding hydrogens is 248 g/mol. The molecule has 1 aromatic carbocycles. The fourth-order valence-corrected chi connectivity index (χ4v) is 1.65. The van der Waals surface area contributed by atoms with Crippen LogP contribution < -0.4 is 5.32 Å². The van der Waals surface area contributed by atoms with Gasteiger partial charge in [-0.05, 0) is 18.6 Å². The molecule has 2 rings (SSSR count). The Bertz CT molecular complexity index is 604. The molecule has 1 aromatic heterocycles. The van der Waals surface area contributed by atoms with Crippen molar-refractivity contribution in [2.75, 3.05) is 5.32 Å². The summed E-state index contributed by atoms with van der Waals surface area (Å²) in [7, 11) is 0. The third-order valence-electron chi connectivity index (χ3n) is 2.55. The van der Waals surface area contributed by atoms with E-state index in [1.165, 1.54) is 0 Å². The molecule has 0 bridgehead atoms. The highest BCUT2D eigenvalue weighted by molar-refractivity contribution is 6.09. The Kier molecular flexibility index (Phi) is 3.61. The minimum atomic E-state index is -1.23. The van der Waals surface area contributed by atoms with E-state index in [-0.39, 0.29) is 17.0 Å². The van der Waals surface area contributed by atoms with Crippen LogP contribution in [0.2, 0.25) is 0 Å². The summed E-state index contributed by atoms with van der Waals surface area (Å²) in [6.07, 6.45) is 0.379. The van der Waals surface area contributed by atoms with E-state index in [1.54, 1.807) is 31.2 Å². The van der Waals surface area contributed by atoms with E-state index in [1.807, 2.05) is 6.07 Å². The maximum absolute atomic E-state index is 12.0. The van der Waals surface area contributed by atoms with E-state index in [4.69, 9.17) is 9.63 Å². The fourth-order valence-electron chi connectivity index (χ4n) is 1.65. The summed E-state index contributed by atoms with van der Waals surface area (Å²) in [5, 5.41) is 15.3. The van der Waals surface area contributed by atoms with Crippen molar-refractivity contribution in [3.05, 3.63) is 47.3 Å². The maximum atomic E-state index is 12.0. The Morgan fingerprint density at radius 2 is 2.00 bits per heavy atom. The highest BCUT2D eigenvalue weighted by Gasteiger charge is 2.26. The standard InChI is InChI=1S/C13H12N2O4/c1-2-9-10(13(17)18)11(19-15-9)12(16)14-8-6-4-3-5-7-8/h3-7H,2H2,1H3,(H,14,16)(H,17,18). The van der Waals surface area contributed by atoms with Gasteiger partial charge in [0.2, 0.25) is 5.76 Å². The minimum absolute atomic E-state index is 0.184. The number of benzene rings is 1. The van der Waals surface area contributed by atoms with Crippen LogP contribution in [0, 0.1) is 0 Å². The van der Waals surface area contributed by atoms with Crippen LogP contribution in [0.4, 0.5) is 5.69 Å². The average molecular weight is 260 g/mol. The van der Waals surface area contributed by atoms with Gasteiger partial charge in [0, 0.05) is 5.69 Å². The van der Waals surface area contributed by atoms with E-state index < -0.39 is 11.9 Å². The zero-order valence-corrected chi connectivity index (χ0v) is 10.2. The van der Waals surface area contributed by atoms with Crippen LogP contribution in [0.3, 0.4) is 0 Å². The van der Waals surface area contributed by atoms with Gasteiger partial charge in [0.15, 0.2) is 0 Å². The molecule has 98 valence electrons. The third-order valence-corrected chi connectivity index (χ3v) is 2.55. The summed E-state index contributed by atoms with van der Waals surface area (Å²) in [4.78, 5) is 23.1. The summed E-state index contributed by atoms with van der Waals surface area (Å²) in [6, 6.07) is 8.70. The quantitative estimate of drug-likeness (QED) is 0.879. The van der Waals surface area contributed by atoms with Gasteiger partial charge in [0.1, 0.15) is 5.56 Å². The summed E-state index contributed by atoms with van der Waals surface area (Å²) in [5.74, 6) is -2.14. The molecule has 0 fully saturated rings. The topological polar surface area (TPSA) is 92.4 Å². The Labute approximate surface area is 109 Å². The number of para-hydroxylation sites is 1. The number of nitrogens with one attached hydrogen (secondary N) is 1. The average Bonchev–Trinajstić information content (AvgIpc) is 2.83. The number of nitrogens with zero attached hydrogens (tertiary/aromatic N) is 1. The Balaban J connectivity index is 2.29. The van der Waals surface area contributed by atoms with Gasteiger partial charge < -0.3 is 14.9 Å². The second-order valence-corrected chi connectivity index (χ2v) is 3.81. The Hall–Kier alpha value is -2.63. The molecule has 0 atom stereocenters. The van der Waals surface area contributed by atoms with Crippen molar-refractivity contribution in [1.82, 2.24) is 5.16 Å². The van der Waals surface area contributed by atoms with E-state index >= 15 is 0 Å². The number of hydrogen-bond donors (Lipinski definition) is 2.